The summed E-state index contributed by atoms with van der Waals surface area (Å²) in [5, 5.41) is 8.59. The van der Waals surface area contributed by atoms with Crippen molar-refractivity contribution in [1.82, 2.24) is 0 Å². The van der Waals surface area contributed by atoms with E-state index >= 15 is 0 Å². The van der Waals surface area contributed by atoms with E-state index in [4.69, 9.17) is 5.11 Å². The van der Waals surface area contributed by atoms with Gasteiger partial charge in [-0.3, -0.25) is 4.79 Å². The van der Waals surface area contributed by atoms with Gasteiger partial charge in [-0.05, 0) is 19.3 Å². The maximum atomic E-state index is 10.9. The summed E-state index contributed by atoms with van der Waals surface area (Å²) < 4.78 is 4.57. The summed E-state index contributed by atoms with van der Waals surface area (Å²) in [4.78, 5) is 21.3. The summed E-state index contributed by atoms with van der Waals surface area (Å²) in [6, 6.07) is 0. The zero-order valence-electron chi connectivity index (χ0n) is 20.4. The van der Waals surface area contributed by atoms with Crippen molar-refractivity contribution in [3.63, 3.8) is 0 Å². The number of rotatable bonds is 24. The molecule has 0 unspecified atom stereocenters. The van der Waals surface area contributed by atoms with Gasteiger partial charge in [0.15, 0.2) is 0 Å². The van der Waals surface area contributed by atoms with Crippen LogP contribution in [-0.2, 0) is 14.3 Å². The quantitative estimate of drug-likeness (QED) is 0.0933. The van der Waals surface area contributed by atoms with E-state index in [9.17, 15) is 9.59 Å². The second-order valence-electron chi connectivity index (χ2n) is 8.93. The predicted octanol–water partition coefficient (Wildman–Crippen LogP) is 8.38. The zero-order valence-corrected chi connectivity index (χ0v) is 20.4. The SMILES string of the molecule is COC(=O)C=CCCCCCCCCCCCCCCCCCCCCCCC(=O)O. The van der Waals surface area contributed by atoms with Crippen LogP contribution in [0.3, 0.4) is 0 Å². The Hall–Kier alpha value is -1.32. The number of unbranched alkanes of at least 4 members (excludes halogenated alkanes) is 20. The highest BCUT2D eigenvalue weighted by Crippen LogP contribution is 2.15. The topological polar surface area (TPSA) is 63.6 Å². The van der Waals surface area contributed by atoms with Gasteiger partial charge in [0.1, 0.15) is 0 Å². The molecule has 31 heavy (non-hydrogen) atoms. The molecule has 182 valence electrons. The third kappa shape index (κ3) is 26.6. The van der Waals surface area contributed by atoms with Crippen molar-refractivity contribution in [3.05, 3.63) is 12.2 Å². The van der Waals surface area contributed by atoms with E-state index in [2.05, 4.69) is 4.74 Å². The Bertz CT molecular complexity index is 431. The van der Waals surface area contributed by atoms with Crippen LogP contribution in [0.15, 0.2) is 12.2 Å². The van der Waals surface area contributed by atoms with Gasteiger partial charge in [-0.1, -0.05) is 122 Å². The van der Waals surface area contributed by atoms with Crippen LogP contribution in [-0.4, -0.2) is 24.2 Å². The minimum absolute atomic E-state index is 0.255. The summed E-state index contributed by atoms with van der Waals surface area (Å²) in [6.07, 6.45) is 30.8. The highest BCUT2D eigenvalue weighted by atomic mass is 16.5. The number of carboxylic acids is 1. The first-order valence-electron chi connectivity index (χ1n) is 13.1. The number of hydrogen-bond acceptors (Lipinski definition) is 3. The Morgan fingerprint density at radius 1 is 0.581 bits per heavy atom. The molecule has 0 aromatic rings. The maximum Gasteiger partial charge on any atom is 0.330 e. The molecule has 0 saturated carbocycles. The van der Waals surface area contributed by atoms with Gasteiger partial charge in [-0.25, -0.2) is 4.79 Å². The number of hydrogen-bond donors (Lipinski definition) is 1. The van der Waals surface area contributed by atoms with E-state index in [-0.39, 0.29) is 5.97 Å². The average Bonchev–Trinajstić information content (AvgIpc) is 2.76. The van der Waals surface area contributed by atoms with Crippen molar-refractivity contribution in [1.29, 1.82) is 0 Å². The van der Waals surface area contributed by atoms with Crippen molar-refractivity contribution in [2.24, 2.45) is 0 Å². The second-order valence-corrected chi connectivity index (χ2v) is 8.93. The lowest BCUT2D eigenvalue weighted by atomic mass is 10.0. The maximum absolute atomic E-state index is 10.9. The number of carbonyl (C=O) groups is 2. The molecular weight excluding hydrogens is 388 g/mol. The molecule has 0 aromatic heterocycles. The summed E-state index contributed by atoms with van der Waals surface area (Å²) in [5.74, 6) is -0.916. The molecule has 1 N–H and O–H groups in total. The molecule has 0 amide bonds. The smallest absolute Gasteiger partial charge is 0.330 e. The summed E-state index contributed by atoms with van der Waals surface area (Å²) in [5.41, 5.74) is 0. The summed E-state index contributed by atoms with van der Waals surface area (Å²) in [7, 11) is 1.41. The lowest BCUT2D eigenvalue weighted by molar-refractivity contribution is -0.137. The van der Waals surface area contributed by atoms with E-state index < -0.39 is 5.97 Å². The van der Waals surface area contributed by atoms with E-state index in [1.165, 1.54) is 129 Å². The van der Waals surface area contributed by atoms with Crippen molar-refractivity contribution in [2.45, 2.75) is 141 Å². The van der Waals surface area contributed by atoms with Crippen LogP contribution in [0.4, 0.5) is 0 Å². The minimum Gasteiger partial charge on any atom is -0.481 e. The molecule has 0 radical (unpaired) electrons. The Morgan fingerprint density at radius 3 is 1.23 bits per heavy atom. The number of ether oxygens (including phenoxy) is 1. The lowest BCUT2D eigenvalue weighted by Crippen LogP contribution is -1.93. The molecule has 4 nitrogen and oxygen atoms in total. The lowest BCUT2D eigenvalue weighted by Gasteiger charge is -2.04. The summed E-state index contributed by atoms with van der Waals surface area (Å²) >= 11 is 0. The Kier molecular flexibility index (Phi) is 23.9. The van der Waals surface area contributed by atoms with E-state index in [1.807, 2.05) is 6.08 Å². The van der Waals surface area contributed by atoms with Crippen LogP contribution in [0.2, 0.25) is 0 Å². The zero-order chi connectivity index (χ0) is 22.8. The minimum atomic E-state index is -0.661. The van der Waals surface area contributed by atoms with Crippen molar-refractivity contribution < 1.29 is 19.4 Å². The number of methoxy groups -OCH3 is 1. The Balaban J connectivity index is 3.07. The van der Waals surface area contributed by atoms with Gasteiger partial charge in [-0.15, -0.1) is 0 Å². The summed E-state index contributed by atoms with van der Waals surface area (Å²) in [6.45, 7) is 0. The first kappa shape index (κ1) is 29.7. The largest absolute Gasteiger partial charge is 0.481 e. The van der Waals surface area contributed by atoms with Crippen molar-refractivity contribution in [2.75, 3.05) is 7.11 Å². The average molecular weight is 439 g/mol. The van der Waals surface area contributed by atoms with Crippen LogP contribution < -0.4 is 0 Å². The molecule has 0 rings (SSSR count). The predicted molar refractivity (Wildman–Crippen MR) is 130 cm³/mol. The standard InChI is InChI=1S/C27H50O4/c1-31-27(30)25-23-21-19-17-15-13-11-9-7-5-3-2-4-6-8-10-12-14-16-18-20-22-24-26(28)29/h23,25H,2-22,24H2,1H3,(H,28,29). The molecule has 0 heterocycles. The number of carbonyl (C=O) groups excluding carboxylic acids is 1. The van der Waals surface area contributed by atoms with Gasteiger partial charge in [0.05, 0.1) is 7.11 Å². The van der Waals surface area contributed by atoms with Crippen LogP contribution in [0.25, 0.3) is 0 Å². The van der Waals surface area contributed by atoms with Gasteiger partial charge < -0.3 is 9.84 Å². The van der Waals surface area contributed by atoms with Crippen LogP contribution in [0.1, 0.15) is 141 Å². The first-order valence-corrected chi connectivity index (χ1v) is 13.1. The molecule has 0 aliphatic heterocycles. The first-order chi connectivity index (χ1) is 15.2. The monoisotopic (exact) mass is 438 g/mol. The number of esters is 1. The fourth-order valence-corrected chi connectivity index (χ4v) is 3.97. The van der Waals surface area contributed by atoms with Gasteiger partial charge >= 0.3 is 11.9 Å². The molecular formula is C27H50O4. The van der Waals surface area contributed by atoms with Gasteiger partial charge in [0.2, 0.25) is 0 Å². The molecule has 0 atom stereocenters. The van der Waals surface area contributed by atoms with Crippen LogP contribution in [0.5, 0.6) is 0 Å². The Morgan fingerprint density at radius 2 is 0.903 bits per heavy atom. The fourth-order valence-electron chi connectivity index (χ4n) is 3.97. The molecule has 0 fully saturated rings. The van der Waals surface area contributed by atoms with Gasteiger partial charge in [-0.2, -0.15) is 0 Å². The molecule has 0 aliphatic rings. The molecule has 0 saturated heterocycles. The molecule has 0 aromatic carbocycles. The molecule has 0 aliphatic carbocycles. The highest BCUT2D eigenvalue weighted by Gasteiger charge is 1.97. The van der Waals surface area contributed by atoms with Crippen LogP contribution >= 0.6 is 0 Å². The number of aliphatic carboxylic acids is 1. The molecule has 0 spiro atoms. The third-order valence-electron chi connectivity index (χ3n) is 5.97. The number of allylic oxidation sites excluding steroid dienone is 1. The second kappa shape index (κ2) is 24.9. The van der Waals surface area contributed by atoms with Gasteiger partial charge in [0.25, 0.3) is 0 Å². The molecule has 4 heteroatoms. The normalized spacial score (nSPS) is 11.3. The Labute approximate surface area is 192 Å². The van der Waals surface area contributed by atoms with Crippen molar-refractivity contribution in [3.8, 4) is 0 Å². The third-order valence-corrected chi connectivity index (χ3v) is 5.97. The highest BCUT2D eigenvalue weighted by molar-refractivity contribution is 5.81. The van der Waals surface area contributed by atoms with E-state index in [0.29, 0.717) is 6.42 Å². The molecule has 0 bridgehead atoms. The fraction of sp³-hybridized carbons (Fsp3) is 0.852. The number of carboxylic acid groups (broad SMARTS) is 1. The van der Waals surface area contributed by atoms with E-state index in [1.54, 1.807) is 0 Å². The van der Waals surface area contributed by atoms with Crippen molar-refractivity contribution >= 4 is 11.9 Å². The van der Waals surface area contributed by atoms with Gasteiger partial charge in [0, 0.05) is 12.5 Å². The van der Waals surface area contributed by atoms with Crippen LogP contribution in [0, 0.1) is 0 Å². The van der Waals surface area contributed by atoms with E-state index in [0.717, 1.165) is 19.3 Å².